The molecule has 5 rings (SSSR count). The van der Waals surface area contributed by atoms with Gasteiger partial charge in [-0.1, -0.05) is 42.5 Å². The van der Waals surface area contributed by atoms with Crippen molar-refractivity contribution in [2.45, 2.75) is 51.1 Å². The summed E-state index contributed by atoms with van der Waals surface area (Å²) in [6, 6.07) is 19.6. The summed E-state index contributed by atoms with van der Waals surface area (Å²) in [5.74, 6) is -0.781. The van der Waals surface area contributed by atoms with E-state index in [0.29, 0.717) is 17.0 Å². The second-order valence-corrected chi connectivity index (χ2v) is 10.4. The largest absolute Gasteiger partial charge is 0.478 e. The molecular weight excluding hydrogens is 489 g/mol. The highest BCUT2D eigenvalue weighted by molar-refractivity contribution is 6.08. The van der Waals surface area contributed by atoms with E-state index in [2.05, 4.69) is 53.5 Å². The summed E-state index contributed by atoms with van der Waals surface area (Å²) in [6.07, 6.45) is 8.90. The Kier molecular flexibility index (Phi) is 7.64. The lowest BCUT2D eigenvalue weighted by Crippen LogP contribution is -2.43. The van der Waals surface area contributed by atoms with Gasteiger partial charge in [-0.2, -0.15) is 0 Å². The Morgan fingerprint density at radius 1 is 1.10 bits per heavy atom. The Labute approximate surface area is 229 Å². The maximum absolute atomic E-state index is 15.8. The van der Waals surface area contributed by atoms with Gasteiger partial charge in [0.15, 0.2) is 0 Å². The molecule has 1 aliphatic carbocycles. The molecule has 3 aromatic carbocycles. The highest BCUT2D eigenvalue weighted by atomic mass is 19.1. The molecule has 3 aromatic rings. The van der Waals surface area contributed by atoms with Crippen LogP contribution in [0.25, 0.3) is 11.6 Å². The number of fused-ring (bicyclic) bond motifs is 1. The van der Waals surface area contributed by atoms with E-state index in [0.717, 1.165) is 47.0 Å². The smallest absolute Gasteiger partial charge is 0.328 e. The van der Waals surface area contributed by atoms with Gasteiger partial charge in [0.2, 0.25) is 0 Å². The number of halogens is 1. The van der Waals surface area contributed by atoms with Crippen LogP contribution in [0, 0.1) is 11.2 Å². The molecule has 0 aromatic heterocycles. The molecule has 0 spiro atoms. The first-order valence-electron chi connectivity index (χ1n) is 13.6. The van der Waals surface area contributed by atoms with Crippen molar-refractivity contribution < 1.29 is 14.3 Å². The Balaban J connectivity index is 1.61. The van der Waals surface area contributed by atoms with Crippen molar-refractivity contribution in [3.05, 3.63) is 112 Å². The second kappa shape index (κ2) is 11.3. The van der Waals surface area contributed by atoms with E-state index in [1.807, 2.05) is 19.2 Å². The first-order valence-corrected chi connectivity index (χ1v) is 13.6. The first-order chi connectivity index (χ1) is 18.9. The number of rotatable bonds is 9. The predicted molar refractivity (Wildman–Crippen MR) is 156 cm³/mol. The predicted octanol–water partition coefficient (Wildman–Crippen LogP) is 6.94. The fourth-order valence-corrected chi connectivity index (χ4v) is 5.56. The number of hydrogen-bond acceptors (Lipinski definition) is 4. The van der Waals surface area contributed by atoms with Crippen LogP contribution < -0.4 is 10.2 Å². The zero-order valence-corrected chi connectivity index (χ0v) is 22.3. The van der Waals surface area contributed by atoms with E-state index in [-0.39, 0.29) is 17.9 Å². The number of carbonyl (C=O) groups is 1. The lowest BCUT2D eigenvalue weighted by Gasteiger charge is -2.44. The van der Waals surface area contributed by atoms with Crippen LogP contribution in [0.15, 0.2) is 72.9 Å². The highest BCUT2D eigenvalue weighted by Crippen LogP contribution is 2.44. The molecule has 0 saturated heterocycles. The number of carboxylic acid groups (broad SMARTS) is 1. The number of nitrogens with one attached hydrogen (secondary N) is 2. The number of anilines is 1. The van der Waals surface area contributed by atoms with Crippen LogP contribution in [-0.2, 0) is 11.2 Å². The third kappa shape index (κ3) is 5.65. The van der Waals surface area contributed by atoms with Gasteiger partial charge in [0.1, 0.15) is 5.82 Å². The fourth-order valence-electron chi connectivity index (χ4n) is 5.56. The zero-order valence-electron chi connectivity index (χ0n) is 22.3. The Morgan fingerprint density at radius 2 is 1.85 bits per heavy atom. The van der Waals surface area contributed by atoms with Gasteiger partial charge in [0.25, 0.3) is 0 Å². The molecule has 2 aliphatic rings. The molecule has 2 atom stereocenters. The SMILES string of the molecule is CCN/C=C(\C=N)c1ccc2c(c1)CC(C)N(c1ccc(C3CC3)cc1)C2c1ccc(/C=C/C(=O)O)cc1F. The molecule has 1 heterocycles. The number of aliphatic carboxylic acids is 1. The van der Waals surface area contributed by atoms with Gasteiger partial charge in [0, 0.05) is 47.9 Å². The first kappa shape index (κ1) is 26.4. The normalized spacial score (nSPS) is 19.2. The quantitative estimate of drug-likeness (QED) is 0.210. The molecular formula is C33H34FN3O2. The van der Waals surface area contributed by atoms with Crippen molar-refractivity contribution in [1.82, 2.24) is 5.32 Å². The van der Waals surface area contributed by atoms with Crippen molar-refractivity contribution >= 4 is 29.5 Å². The molecule has 1 fully saturated rings. The zero-order chi connectivity index (χ0) is 27.5. The lowest BCUT2D eigenvalue weighted by molar-refractivity contribution is -0.131. The van der Waals surface area contributed by atoms with Crippen molar-refractivity contribution in [3.8, 4) is 0 Å². The summed E-state index contributed by atoms with van der Waals surface area (Å²) < 4.78 is 15.8. The molecule has 39 heavy (non-hydrogen) atoms. The molecule has 200 valence electrons. The summed E-state index contributed by atoms with van der Waals surface area (Å²) in [6.45, 7) is 4.96. The van der Waals surface area contributed by atoms with Crippen molar-refractivity contribution in [2.75, 3.05) is 11.4 Å². The van der Waals surface area contributed by atoms with E-state index in [1.165, 1.54) is 36.8 Å². The maximum atomic E-state index is 15.8. The number of benzene rings is 3. The van der Waals surface area contributed by atoms with Gasteiger partial charge >= 0.3 is 5.97 Å². The summed E-state index contributed by atoms with van der Waals surface area (Å²) in [5, 5.41) is 20.1. The van der Waals surface area contributed by atoms with E-state index in [9.17, 15) is 4.79 Å². The minimum Gasteiger partial charge on any atom is -0.478 e. The average Bonchev–Trinajstić information content (AvgIpc) is 3.78. The van der Waals surface area contributed by atoms with E-state index < -0.39 is 5.97 Å². The van der Waals surface area contributed by atoms with Crippen molar-refractivity contribution in [3.63, 3.8) is 0 Å². The average molecular weight is 524 g/mol. The number of hydrogen-bond donors (Lipinski definition) is 3. The van der Waals surface area contributed by atoms with E-state index in [4.69, 9.17) is 10.5 Å². The van der Waals surface area contributed by atoms with E-state index in [1.54, 1.807) is 12.1 Å². The number of allylic oxidation sites excluding steroid dienone is 1. The molecule has 0 bridgehead atoms. The molecule has 6 heteroatoms. The van der Waals surface area contributed by atoms with Gasteiger partial charge in [-0.3, -0.25) is 0 Å². The van der Waals surface area contributed by atoms with Gasteiger partial charge < -0.3 is 20.7 Å². The van der Waals surface area contributed by atoms with Gasteiger partial charge in [-0.25, -0.2) is 9.18 Å². The van der Waals surface area contributed by atoms with Crippen LogP contribution in [0.5, 0.6) is 0 Å². The number of nitrogens with zero attached hydrogens (tertiary/aromatic N) is 1. The van der Waals surface area contributed by atoms with Crippen LogP contribution in [0.3, 0.4) is 0 Å². The van der Waals surface area contributed by atoms with Crippen LogP contribution in [0.4, 0.5) is 10.1 Å². The summed E-state index contributed by atoms with van der Waals surface area (Å²) in [5.41, 5.74) is 7.37. The van der Waals surface area contributed by atoms with Gasteiger partial charge in [-0.15, -0.1) is 0 Å². The van der Waals surface area contributed by atoms with Crippen molar-refractivity contribution in [2.24, 2.45) is 0 Å². The third-order valence-corrected chi connectivity index (χ3v) is 7.63. The van der Waals surface area contributed by atoms with Crippen LogP contribution >= 0.6 is 0 Å². The molecule has 5 nitrogen and oxygen atoms in total. The maximum Gasteiger partial charge on any atom is 0.328 e. The molecule has 0 radical (unpaired) electrons. The fraction of sp³-hybridized carbons (Fsp3) is 0.273. The Bertz CT molecular complexity index is 1440. The Morgan fingerprint density at radius 3 is 2.49 bits per heavy atom. The third-order valence-electron chi connectivity index (χ3n) is 7.63. The second-order valence-electron chi connectivity index (χ2n) is 10.4. The summed E-state index contributed by atoms with van der Waals surface area (Å²) in [7, 11) is 0. The van der Waals surface area contributed by atoms with Crippen molar-refractivity contribution in [1.29, 1.82) is 5.41 Å². The molecule has 0 amide bonds. The molecule has 2 unspecified atom stereocenters. The Hall–Kier alpha value is -4.19. The minimum absolute atomic E-state index is 0.0942. The van der Waals surface area contributed by atoms with Gasteiger partial charge in [0.05, 0.1) is 6.04 Å². The highest BCUT2D eigenvalue weighted by Gasteiger charge is 2.35. The number of carboxylic acids is 1. The van der Waals surface area contributed by atoms with Crippen LogP contribution in [0.2, 0.25) is 0 Å². The molecule has 1 saturated carbocycles. The minimum atomic E-state index is -1.07. The standard InChI is InChI=1S/C33H34FN3O2/c1-3-36-20-27(19-35)25-10-14-29-26(18-25)16-21(2)37(28-11-8-24(9-12-28)23-6-7-23)33(29)30-13-4-22(17-31(30)34)5-15-32(38)39/h4-5,8-15,17-21,23,33,35-36H,3,6-7,16H2,1-2H3,(H,38,39)/b15-5+,27-20+,35-19?. The summed E-state index contributed by atoms with van der Waals surface area (Å²) in [4.78, 5) is 13.3. The monoisotopic (exact) mass is 523 g/mol. The van der Waals surface area contributed by atoms with Crippen LogP contribution in [-0.4, -0.2) is 29.9 Å². The molecule has 1 aliphatic heterocycles. The van der Waals surface area contributed by atoms with Crippen LogP contribution in [0.1, 0.15) is 72.0 Å². The molecule has 3 N–H and O–H groups in total. The van der Waals surface area contributed by atoms with E-state index >= 15 is 4.39 Å². The topological polar surface area (TPSA) is 76.4 Å². The lowest BCUT2D eigenvalue weighted by atomic mass is 9.82. The summed E-state index contributed by atoms with van der Waals surface area (Å²) >= 11 is 0. The van der Waals surface area contributed by atoms with Gasteiger partial charge in [-0.05, 0) is 91.1 Å².